The van der Waals surface area contributed by atoms with E-state index in [1.165, 1.54) is 5.56 Å². The van der Waals surface area contributed by atoms with Crippen LogP contribution in [0.4, 0.5) is 0 Å². The van der Waals surface area contributed by atoms with Gasteiger partial charge in [-0.05, 0) is 17.5 Å². The lowest BCUT2D eigenvalue weighted by Crippen LogP contribution is -2.53. The lowest BCUT2D eigenvalue weighted by Gasteiger charge is -2.40. The maximum Gasteiger partial charge on any atom is 0.228 e. The van der Waals surface area contributed by atoms with Gasteiger partial charge in [-0.1, -0.05) is 45.0 Å². The summed E-state index contributed by atoms with van der Waals surface area (Å²) in [5.41, 5.74) is 1.90. The number of rotatable bonds is 2. The Kier molecular flexibility index (Phi) is 5.77. The molecule has 6 heteroatoms. The number of amides is 3. The average Bonchev–Trinajstić information content (AvgIpc) is 2.66. The summed E-state index contributed by atoms with van der Waals surface area (Å²) in [5.74, 6) is 0.187. The third-order valence-electron chi connectivity index (χ3n) is 5.75. The van der Waals surface area contributed by atoms with Gasteiger partial charge in [0.05, 0.1) is 12.5 Å². The third kappa shape index (κ3) is 4.21. The van der Waals surface area contributed by atoms with Gasteiger partial charge < -0.3 is 14.7 Å². The molecular weight excluding hydrogens is 354 g/mol. The van der Waals surface area contributed by atoms with Crippen LogP contribution in [-0.2, 0) is 20.8 Å². The summed E-state index contributed by atoms with van der Waals surface area (Å²) in [6.07, 6.45) is 1.12. The maximum atomic E-state index is 13.0. The van der Waals surface area contributed by atoms with Crippen LogP contribution in [0.3, 0.4) is 0 Å². The Morgan fingerprint density at radius 2 is 1.57 bits per heavy atom. The molecule has 0 bridgehead atoms. The van der Waals surface area contributed by atoms with Crippen molar-refractivity contribution in [2.75, 3.05) is 32.7 Å². The molecule has 3 rings (SSSR count). The minimum absolute atomic E-state index is 0.00731. The van der Waals surface area contributed by atoms with Crippen molar-refractivity contribution in [1.29, 1.82) is 0 Å². The fourth-order valence-electron chi connectivity index (χ4n) is 4.18. The fraction of sp³-hybridized carbons (Fsp3) is 0.591. The second-order valence-electron chi connectivity index (χ2n) is 8.80. The molecule has 1 fully saturated rings. The lowest BCUT2D eigenvalue weighted by atomic mass is 9.90. The minimum Gasteiger partial charge on any atom is -0.339 e. The van der Waals surface area contributed by atoms with Crippen LogP contribution in [0.5, 0.6) is 0 Å². The monoisotopic (exact) mass is 385 g/mol. The van der Waals surface area contributed by atoms with Gasteiger partial charge in [-0.15, -0.1) is 0 Å². The molecule has 0 N–H and O–H groups in total. The number of carbonyl (C=O) groups excluding carboxylic acids is 3. The number of hydrogen-bond donors (Lipinski definition) is 0. The Bertz CT molecular complexity index is 761. The van der Waals surface area contributed by atoms with Crippen LogP contribution in [0.25, 0.3) is 0 Å². The number of hydrogen-bond acceptors (Lipinski definition) is 3. The van der Waals surface area contributed by atoms with Gasteiger partial charge in [0, 0.05) is 45.1 Å². The molecule has 6 nitrogen and oxygen atoms in total. The molecule has 1 aromatic carbocycles. The Labute approximate surface area is 167 Å². The number of fused-ring (bicyclic) bond motifs is 1. The zero-order valence-corrected chi connectivity index (χ0v) is 17.4. The Balaban J connectivity index is 1.67. The molecule has 1 aromatic rings. The van der Waals surface area contributed by atoms with Crippen molar-refractivity contribution >= 4 is 17.7 Å². The molecule has 2 aliphatic rings. The van der Waals surface area contributed by atoms with Crippen LogP contribution in [0, 0.1) is 5.41 Å². The fourth-order valence-corrected chi connectivity index (χ4v) is 4.18. The van der Waals surface area contributed by atoms with Gasteiger partial charge in [-0.25, -0.2) is 0 Å². The normalized spacial score (nSPS) is 20.0. The molecule has 3 amide bonds. The highest BCUT2D eigenvalue weighted by Gasteiger charge is 2.34. The highest BCUT2D eigenvalue weighted by molar-refractivity contribution is 5.83. The van der Waals surface area contributed by atoms with Crippen LogP contribution in [0.15, 0.2) is 24.3 Å². The topological polar surface area (TPSA) is 60.9 Å². The van der Waals surface area contributed by atoms with E-state index in [9.17, 15) is 14.4 Å². The number of carbonyl (C=O) groups is 3. The van der Waals surface area contributed by atoms with Gasteiger partial charge in [0.2, 0.25) is 17.7 Å². The standard InChI is InChI=1S/C22H31N3O3/c1-16(26)25-10-9-17-7-5-6-8-18(17)19(25)15-20(27)23-11-13-24(14-12-23)21(28)22(2,3)4/h5-8,19H,9-15H2,1-4H3. The van der Waals surface area contributed by atoms with Crippen LogP contribution in [0.2, 0.25) is 0 Å². The summed E-state index contributed by atoms with van der Waals surface area (Å²) in [6, 6.07) is 7.89. The second kappa shape index (κ2) is 7.94. The van der Waals surface area contributed by atoms with E-state index < -0.39 is 5.41 Å². The molecule has 1 saturated heterocycles. The smallest absolute Gasteiger partial charge is 0.228 e. The number of nitrogens with zero attached hydrogens (tertiary/aromatic N) is 3. The Morgan fingerprint density at radius 3 is 2.18 bits per heavy atom. The van der Waals surface area contributed by atoms with Crippen molar-refractivity contribution in [3.8, 4) is 0 Å². The maximum absolute atomic E-state index is 13.0. The first kappa shape index (κ1) is 20.4. The van der Waals surface area contributed by atoms with E-state index in [1.807, 2.05) is 53.7 Å². The molecule has 1 atom stereocenters. The molecule has 0 saturated carbocycles. The quantitative estimate of drug-likeness (QED) is 0.784. The van der Waals surface area contributed by atoms with Crippen LogP contribution >= 0.6 is 0 Å². The highest BCUT2D eigenvalue weighted by atomic mass is 16.2. The molecule has 28 heavy (non-hydrogen) atoms. The lowest BCUT2D eigenvalue weighted by molar-refractivity contribution is -0.146. The summed E-state index contributed by atoms with van der Waals surface area (Å²) < 4.78 is 0. The van der Waals surface area contributed by atoms with Gasteiger partial charge in [0.1, 0.15) is 0 Å². The predicted molar refractivity (Wildman–Crippen MR) is 108 cm³/mol. The molecule has 152 valence electrons. The summed E-state index contributed by atoms with van der Waals surface area (Å²) in [4.78, 5) is 43.1. The minimum atomic E-state index is -0.403. The predicted octanol–water partition coefficient (Wildman–Crippen LogP) is 2.24. The molecule has 2 aliphatic heterocycles. The summed E-state index contributed by atoms with van der Waals surface area (Å²) in [7, 11) is 0. The highest BCUT2D eigenvalue weighted by Crippen LogP contribution is 2.33. The molecule has 0 spiro atoms. The van der Waals surface area contributed by atoms with Gasteiger partial charge in [-0.2, -0.15) is 0 Å². The van der Waals surface area contributed by atoms with Crippen LogP contribution in [-0.4, -0.2) is 65.1 Å². The van der Waals surface area contributed by atoms with E-state index in [1.54, 1.807) is 6.92 Å². The van der Waals surface area contributed by atoms with Gasteiger partial charge in [0.15, 0.2) is 0 Å². The first-order chi connectivity index (χ1) is 13.2. The van der Waals surface area contributed by atoms with Crippen LogP contribution < -0.4 is 0 Å². The molecule has 2 heterocycles. The summed E-state index contributed by atoms with van der Waals surface area (Å²) in [6.45, 7) is 10.2. The van der Waals surface area contributed by atoms with Crippen molar-refractivity contribution in [2.24, 2.45) is 5.41 Å². The van der Waals surface area contributed by atoms with Crippen molar-refractivity contribution in [3.63, 3.8) is 0 Å². The molecule has 0 aliphatic carbocycles. The Morgan fingerprint density at radius 1 is 0.964 bits per heavy atom. The van der Waals surface area contributed by atoms with Crippen molar-refractivity contribution in [3.05, 3.63) is 35.4 Å². The molecule has 0 aromatic heterocycles. The zero-order chi connectivity index (χ0) is 20.5. The second-order valence-corrected chi connectivity index (χ2v) is 8.80. The van der Waals surface area contributed by atoms with E-state index in [2.05, 4.69) is 6.07 Å². The summed E-state index contributed by atoms with van der Waals surface area (Å²) in [5, 5.41) is 0. The van der Waals surface area contributed by atoms with Gasteiger partial charge in [0.25, 0.3) is 0 Å². The molecule has 1 unspecified atom stereocenters. The average molecular weight is 386 g/mol. The van der Waals surface area contributed by atoms with E-state index in [0.29, 0.717) is 39.1 Å². The van der Waals surface area contributed by atoms with Gasteiger partial charge >= 0.3 is 0 Å². The van der Waals surface area contributed by atoms with E-state index >= 15 is 0 Å². The first-order valence-electron chi connectivity index (χ1n) is 10.1. The van der Waals surface area contributed by atoms with Gasteiger partial charge in [-0.3, -0.25) is 14.4 Å². The SMILES string of the molecule is CC(=O)N1CCc2ccccc2C1CC(=O)N1CCN(C(=O)C(C)(C)C)CC1. The van der Waals surface area contributed by atoms with E-state index in [4.69, 9.17) is 0 Å². The number of piperazine rings is 1. The molecule has 0 radical (unpaired) electrons. The Hall–Kier alpha value is -2.37. The van der Waals surface area contributed by atoms with Crippen molar-refractivity contribution in [1.82, 2.24) is 14.7 Å². The van der Waals surface area contributed by atoms with E-state index in [0.717, 1.165) is 12.0 Å². The number of benzene rings is 1. The third-order valence-corrected chi connectivity index (χ3v) is 5.75. The van der Waals surface area contributed by atoms with E-state index in [-0.39, 0.29) is 23.8 Å². The van der Waals surface area contributed by atoms with Crippen molar-refractivity contribution in [2.45, 2.75) is 46.6 Å². The summed E-state index contributed by atoms with van der Waals surface area (Å²) >= 11 is 0. The van der Waals surface area contributed by atoms with Crippen LogP contribution in [0.1, 0.15) is 51.3 Å². The van der Waals surface area contributed by atoms with Crippen molar-refractivity contribution < 1.29 is 14.4 Å². The zero-order valence-electron chi connectivity index (χ0n) is 17.4. The molecular formula is C22H31N3O3. The largest absolute Gasteiger partial charge is 0.339 e. The first-order valence-corrected chi connectivity index (χ1v) is 10.1.